The predicted molar refractivity (Wildman–Crippen MR) is 169 cm³/mol. The molecule has 4 nitrogen and oxygen atoms in total. The quantitative estimate of drug-likeness (QED) is 0.158. The molecule has 7 rings (SSSR count). The number of nitrogens with zero attached hydrogens (tertiary/aromatic N) is 2. The van der Waals surface area contributed by atoms with Gasteiger partial charge in [-0.3, -0.25) is 0 Å². The second kappa shape index (κ2) is 12.0. The van der Waals surface area contributed by atoms with Gasteiger partial charge in [0.25, 0.3) is 5.52 Å². The van der Waals surface area contributed by atoms with Gasteiger partial charge < -0.3 is 38.0 Å². The normalized spacial score (nSPS) is 17.2. The lowest BCUT2D eigenvalue weighted by molar-refractivity contribution is -0.674. The zero-order chi connectivity index (χ0) is 27.9. The fourth-order valence-electron chi connectivity index (χ4n) is 6.11. The zero-order valence-electron chi connectivity index (χ0n) is 23.7. The summed E-state index contributed by atoms with van der Waals surface area (Å²) in [6.07, 6.45) is 11.3. The van der Waals surface area contributed by atoms with Gasteiger partial charge in [0.05, 0.1) is 11.8 Å². The minimum atomic E-state index is 0. The molecule has 0 radical (unpaired) electrons. The molecule has 1 aliphatic heterocycles. The van der Waals surface area contributed by atoms with E-state index in [9.17, 15) is 0 Å². The van der Waals surface area contributed by atoms with Gasteiger partial charge in [0, 0.05) is 28.4 Å². The van der Waals surface area contributed by atoms with Crippen molar-refractivity contribution >= 4 is 56.0 Å². The molecule has 0 spiro atoms. The maximum atomic E-state index is 7.01. The average molecular weight is 687 g/mol. The Balaban J connectivity index is 0.00000316. The van der Waals surface area contributed by atoms with E-state index in [4.69, 9.17) is 20.8 Å². The summed E-state index contributed by atoms with van der Waals surface area (Å²) in [5.74, 6) is 2.58. The lowest BCUT2D eigenvalue weighted by Gasteiger charge is -2.17. The largest absolute Gasteiger partial charge is 1.00 e. The minimum absolute atomic E-state index is 0. The van der Waals surface area contributed by atoms with Crippen LogP contribution in [0.1, 0.15) is 39.0 Å². The molecule has 0 amide bonds. The Morgan fingerprint density at radius 2 is 1.60 bits per heavy atom. The molecule has 0 saturated heterocycles. The molecular formula is C36H32ClIN2O2. The molecule has 1 aliphatic carbocycles. The summed E-state index contributed by atoms with van der Waals surface area (Å²) in [5.41, 5.74) is 5.39. The molecule has 5 aromatic rings. The number of allylic oxidation sites excluding steroid dienone is 6. The summed E-state index contributed by atoms with van der Waals surface area (Å²) in [5, 5.41) is 5.44. The third-order valence-electron chi connectivity index (χ3n) is 8.19. The summed E-state index contributed by atoms with van der Waals surface area (Å²) in [7, 11) is 0. The average Bonchev–Trinajstić information content (AvgIpc) is 3.57. The monoisotopic (exact) mass is 686 g/mol. The van der Waals surface area contributed by atoms with Crippen molar-refractivity contribution in [3.8, 4) is 5.75 Å². The lowest BCUT2D eigenvalue weighted by atomic mass is 9.94. The van der Waals surface area contributed by atoms with Crippen molar-refractivity contribution in [1.29, 1.82) is 0 Å². The van der Waals surface area contributed by atoms with E-state index in [1.54, 1.807) is 0 Å². The summed E-state index contributed by atoms with van der Waals surface area (Å²) >= 11 is 7.01. The van der Waals surface area contributed by atoms with Crippen molar-refractivity contribution in [3.05, 3.63) is 119 Å². The molecule has 4 aromatic carbocycles. The molecular weight excluding hydrogens is 655 g/mol. The van der Waals surface area contributed by atoms with E-state index < -0.39 is 0 Å². The number of hydrogen-bond donors (Lipinski definition) is 0. The Bertz CT molecular complexity index is 1950. The molecule has 2 aliphatic rings. The summed E-state index contributed by atoms with van der Waals surface area (Å²) in [6.45, 7) is 5.94. The molecule has 0 N–H and O–H groups in total. The van der Waals surface area contributed by atoms with E-state index in [-0.39, 0.29) is 24.0 Å². The van der Waals surface area contributed by atoms with Crippen LogP contribution >= 0.6 is 11.6 Å². The molecule has 1 aromatic heterocycles. The summed E-state index contributed by atoms with van der Waals surface area (Å²) in [4.78, 5) is 2.22. The number of aryl methyl sites for hydroxylation is 1. The Kier molecular flexibility index (Phi) is 8.15. The van der Waals surface area contributed by atoms with Crippen LogP contribution in [0.5, 0.6) is 5.75 Å². The highest BCUT2D eigenvalue weighted by atomic mass is 127. The maximum absolute atomic E-state index is 7.01. The molecule has 0 unspecified atom stereocenters. The fraction of sp³-hybridized carbons (Fsp3) is 0.194. The van der Waals surface area contributed by atoms with Crippen LogP contribution in [0.15, 0.2) is 118 Å². The Labute approximate surface area is 268 Å². The van der Waals surface area contributed by atoms with Gasteiger partial charge >= 0.3 is 5.89 Å². The first kappa shape index (κ1) is 28.6. The number of benzene rings is 4. The molecule has 0 atom stereocenters. The number of hydrogen-bond acceptors (Lipinski definition) is 3. The van der Waals surface area contributed by atoms with Crippen LogP contribution in [0.2, 0.25) is 0 Å². The summed E-state index contributed by atoms with van der Waals surface area (Å²) < 4.78 is 15.1. The zero-order valence-corrected chi connectivity index (χ0v) is 26.7. The van der Waals surface area contributed by atoms with Gasteiger partial charge in [-0.2, -0.15) is 4.57 Å². The SMILES string of the molecule is CCN1/C(=C\C=C2/CCCC(/C=C/c3oc4c5ccccc5ccc4[n+]3CC)=C2Cl)Oc2c1ccc1ccccc21.[I-]. The van der Waals surface area contributed by atoms with Crippen LogP contribution in [0, 0.1) is 0 Å². The second-order valence-electron chi connectivity index (χ2n) is 10.5. The molecule has 6 heteroatoms. The van der Waals surface area contributed by atoms with Gasteiger partial charge in [0.2, 0.25) is 11.5 Å². The van der Waals surface area contributed by atoms with E-state index in [0.29, 0.717) is 0 Å². The first-order chi connectivity index (χ1) is 20.2. The number of ether oxygens (including phenoxy) is 1. The molecule has 42 heavy (non-hydrogen) atoms. The van der Waals surface area contributed by atoms with Gasteiger partial charge in [0.15, 0.2) is 5.75 Å². The van der Waals surface area contributed by atoms with Crippen LogP contribution in [0.25, 0.3) is 38.7 Å². The number of rotatable bonds is 5. The van der Waals surface area contributed by atoms with Crippen LogP contribution in [-0.2, 0) is 6.54 Å². The highest BCUT2D eigenvalue weighted by Gasteiger charge is 2.27. The number of aromatic nitrogens is 1. The van der Waals surface area contributed by atoms with Gasteiger partial charge in [-0.05, 0) is 79.3 Å². The van der Waals surface area contributed by atoms with E-state index in [0.717, 1.165) is 93.6 Å². The van der Waals surface area contributed by atoms with E-state index in [2.05, 4.69) is 120 Å². The topological polar surface area (TPSA) is 29.5 Å². The number of anilines is 1. The minimum Gasteiger partial charge on any atom is -1.00 e. The van der Waals surface area contributed by atoms with Gasteiger partial charge in [-0.15, -0.1) is 0 Å². The first-order valence-electron chi connectivity index (χ1n) is 14.5. The number of halogens is 2. The summed E-state index contributed by atoms with van der Waals surface area (Å²) in [6, 6.07) is 25.3. The van der Waals surface area contributed by atoms with Crippen molar-refractivity contribution in [2.24, 2.45) is 0 Å². The van der Waals surface area contributed by atoms with Crippen LogP contribution in [0.3, 0.4) is 0 Å². The van der Waals surface area contributed by atoms with E-state index in [1.165, 1.54) is 10.8 Å². The highest BCUT2D eigenvalue weighted by Crippen LogP contribution is 2.44. The van der Waals surface area contributed by atoms with Crippen molar-refractivity contribution in [3.63, 3.8) is 0 Å². The van der Waals surface area contributed by atoms with Crippen molar-refractivity contribution in [2.75, 3.05) is 11.4 Å². The molecule has 0 fully saturated rings. The Morgan fingerprint density at radius 1 is 0.857 bits per heavy atom. The van der Waals surface area contributed by atoms with Crippen molar-refractivity contribution in [2.45, 2.75) is 39.7 Å². The van der Waals surface area contributed by atoms with Gasteiger partial charge in [-0.25, -0.2) is 0 Å². The highest BCUT2D eigenvalue weighted by molar-refractivity contribution is 6.32. The Morgan fingerprint density at radius 3 is 2.38 bits per heavy atom. The number of oxazole rings is 1. The Hall–Kier alpha value is -3.55. The van der Waals surface area contributed by atoms with E-state index in [1.807, 2.05) is 0 Å². The smallest absolute Gasteiger partial charge is 0.374 e. The maximum Gasteiger partial charge on any atom is 0.374 e. The molecule has 2 heterocycles. The van der Waals surface area contributed by atoms with Gasteiger partial charge in [0.1, 0.15) is 6.54 Å². The number of fused-ring (bicyclic) bond motifs is 6. The van der Waals surface area contributed by atoms with Gasteiger partial charge in [-0.1, -0.05) is 72.3 Å². The standard InChI is InChI=1S/C36H32ClN2O2.HI/c1-3-38-30-20-16-24-10-5-7-14-28(24)35(30)40-32(38)22-18-26-12-9-13-27(34(26)37)19-23-33-39(4-2)31-21-17-25-11-6-8-15-29(25)36(31)41-33;/h5-8,10-11,14-23H,3-4,9,12-13H2,1-2H3;1H/q+1;/p-1. The molecule has 0 saturated carbocycles. The van der Waals surface area contributed by atoms with Crippen molar-refractivity contribution < 1.29 is 37.7 Å². The molecule has 0 bridgehead atoms. The second-order valence-corrected chi connectivity index (χ2v) is 10.9. The predicted octanol–water partition coefficient (Wildman–Crippen LogP) is 6.43. The van der Waals surface area contributed by atoms with Crippen molar-refractivity contribution in [1.82, 2.24) is 0 Å². The first-order valence-corrected chi connectivity index (χ1v) is 14.8. The fourth-order valence-corrected chi connectivity index (χ4v) is 6.43. The lowest BCUT2D eigenvalue weighted by Crippen LogP contribution is -3.00. The van der Waals surface area contributed by atoms with E-state index >= 15 is 0 Å². The van der Waals surface area contributed by atoms with Crippen LogP contribution in [0.4, 0.5) is 5.69 Å². The third kappa shape index (κ3) is 4.92. The van der Waals surface area contributed by atoms with Crippen LogP contribution in [-0.4, -0.2) is 6.54 Å². The molecule has 212 valence electrons. The van der Waals surface area contributed by atoms with Crippen LogP contribution < -0.4 is 38.2 Å². The third-order valence-corrected chi connectivity index (χ3v) is 8.67.